The van der Waals surface area contributed by atoms with E-state index in [1.807, 2.05) is 20.0 Å². The minimum atomic E-state index is -0.336. The number of rotatable bonds is 4. The molecule has 1 aromatic carbocycles. The molecule has 0 atom stereocenters. The van der Waals surface area contributed by atoms with Gasteiger partial charge >= 0.3 is 0 Å². The first-order chi connectivity index (χ1) is 11.5. The first-order valence-electron chi connectivity index (χ1n) is 7.48. The second-order valence-electron chi connectivity index (χ2n) is 5.56. The fourth-order valence-electron chi connectivity index (χ4n) is 2.77. The molecule has 0 spiro atoms. The fraction of sp³-hybridized carbons (Fsp3) is 0.235. The van der Waals surface area contributed by atoms with Crippen LogP contribution in [0.25, 0.3) is 22.3 Å². The van der Waals surface area contributed by atoms with Gasteiger partial charge in [0, 0.05) is 19.2 Å². The maximum absolute atomic E-state index is 13.8. The molecule has 3 rings (SSSR count). The molecule has 0 radical (unpaired) electrons. The molecule has 0 bridgehead atoms. The number of nitrogens with two attached hydrogens (primary N) is 1. The van der Waals surface area contributed by atoms with Gasteiger partial charge in [0.2, 0.25) is 0 Å². The number of nitrogens with zero attached hydrogens (tertiary/aromatic N) is 5. The van der Waals surface area contributed by atoms with Crippen LogP contribution in [0.3, 0.4) is 0 Å². The number of nitriles is 1. The Morgan fingerprint density at radius 3 is 2.83 bits per heavy atom. The number of imidazole rings is 1. The average molecular weight is 324 g/mol. The van der Waals surface area contributed by atoms with Crippen molar-refractivity contribution in [2.45, 2.75) is 13.5 Å². The van der Waals surface area contributed by atoms with Gasteiger partial charge in [0.05, 0.1) is 46.9 Å². The zero-order chi connectivity index (χ0) is 17.3. The van der Waals surface area contributed by atoms with Crippen LogP contribution in [-0.4, -0.2) is 25.9 Å². The van der Waals surface area contributed by atoms with Gasteiger partial charge in [-0.15, -0.1) is 0 Å². The summed E-state index contributed by atoms with van der Waals surface area (Å²) in [6, 6.07) is 7.58. The molecular formula is C17H17FN6. The molecule has 0 fully saturated rings. The number of benzene rings is 1. The van der Waals surface area contributed by atoms with Gasteiger partial charge < -0.3 is 10.3 Å². The Kier molecular flexibility index (Phi) is 4.15. The van der Waals surface area contributed by atoms with Gasteiger partial charge in [0.25, 0.3) is 0 Å². The molecule has 0 aliphatic carbocycles. The molecule has 122 valence electrons. The Morgan fingerprint density at radius 1 is 1.42 bits per heavy atom. The number of hydrogen-bond acceptors (Lipinski definition) is 4. The van der Waals surface area contributed by atoms with Crippen LogP contribution in [0.15, 0.2) is 36.4 Å². The number of aromatic nitrogens is 4. The van der Waals surface area contributed by atoms with Crippen LogP contribution in [0.1, 0.15) is 11.3 Å². The van der Waals surface area contributed by atoms with Gasteiger partial charge in [0.1, 0.15) is 5.83 Å². The molecule has 0 aliphatic heterocycles. The normalized spacial score (nSPS) is 11.9. The maximum Gasteiger partial charge on any atom is 0.117 e. The van der Waals surface area contributed by atoms with Crippen LogP contribution in [0, 0.1) is 18.3 Å². The van der Waals surface area contributed by atoms with E-state index >= 15 is 0 Å². The fourth-order valence-corrected chi connectivity index (χ4v) is 2.77. The highest BCUT2D eigenvalue weighted by Gasteiger charge is 2.15. The topological polar surface area (TPSA) is 85.5 Å². The molecule has 0 saturated carbocycles. The van der Waals surface area contributed by atoms with E-state index < -0.39 is 0 Å². The van der Waals surface area contributed by atoms with E-state index in [2.05, 4.69) is 16.2 Å². The minimum absolute atomic E-state index is 0.0342. The lowest BCUT2D eigenvalue weighted by Gasteiger charge is -2.07. The van der Waals surface area contributed by atoms with E-state index in [1.54, 1.807) is 27.7 Å². The molecule has 0 saturated heterocycles. The lowest BCUT2D eigenvalue weighted by Crippen LogP contribution is -2.01. The molecule has 24 heavy (non-hydrogen) atoms. The van der Waals surface area contributed by atoms with Gasteiger partial charge in [-0.1, -0.05) is 0 Å². The summed E-state index contributed by atoms with van der Waals surface area (Å²) < 4.78 is 17.2. The van der Waals surface area contributed by atoms with Crippen molar-refractivity contribution < 1.29 is 4.39 Å². The Bertz CT molecular complexity index is 973. The highest BCUT2D eigenvalue weighted by atomic mass is 19.1. The molecular weight excluding hydrogens is 307 g/mol. The molecule has 7 heteroatoms. The number of hydrogen-bond donors (Lipinski definition) is 1. The largest absolute Gasteiger partial charge is 0.327 e. The van der Waals surface area contributed by atoms with Gasteiger partial charge in [-0.25, -0.2) is 9.37 Å². The molecule has 3 aromatic rings. The maximum atomic E-state index is 13.8. The van der Waals surface area contributed by atoms with Crippen molar-refractivity contribution in [3.05, 3.63) is 47.7 Å². The third-order valence-electron chi connectivity index (χ3n) is 3.79. The monoisotopic (exact) mass is 324 g/mol. The van der Waals surface area contributed by atoms with Gasteiger partial charge in [0.15, 0.2) is 0 Å². The van der Waals surface area contributed by atoms with Gasteiger partial charge in [-0.3, -0.25) is 4.68 Å². The summed E-state index contributed by atoms with van der Waals surface area (Å²) in [4.78, 5) is 4.42. The van der Waals surface area contributed by atoms with E-state index in [0.29, 0.717) is 16.6 Å². The first-order valence-corrected chi connectivity index (χ1v) is 7.48. The summed E-state index contributed by atoms with van der Waals surface area (Å²) in [7, 11) is 1.84. The Balaban J connectivity index is 2.21. The van der Waals surface area contributed by atoms with Crippen molar-refractivity contribution in [1.29, 1.82) is 5.26 Å². The van der Waals surface area contributed by atoms with Crippen molar-refractivity contribution in [3.8, 4) is 17.3 Å². The standard InChI is InChI=1S/C17H17FN6/c1-11-5-15(23(2)22-11)14-6-12(8-20)7-16-17(14)21-10-24(16)9-13(18)3-4-19/h3,5-7,10H,4,9,19H2,1-2H3/b13-3-. The SMILES string of the molecule is Cc1cc(-c2cc(C#N)cc3c2ncn3C/C(F)=C/CN)n(C)n1. The molecule has 0 aliphatic rings. The molecule has 6 nitrogen and oxygen atoms in total. The summed E-state index contributed by atoms with van der Waals surface area (Å²) >= 11 is 0. The van der Waals surface area contributed by atoms with E-state index in [-0.39, 0.29) is 18.9 Å². The van der Waals surface area contributed by atoms with Crippen LogP contribution in [0.5, 0.6) is 0 Å². The second kappa shape index (κ2) is 6.26. The first kappa shape index (κ1) is 15.9. The molecule has 2 heterocycles. The number of halogens is 1. The smallest absolute Gasteiger partial charge is 0.117 e. The molecule has 0 unspecified atom stereocenters. The summed E-state index contributed by atoms with van der Waals surface area (Å²) in [5.74, 6) is -0.336. The highest BCUT2D eigenvalue weighted by Crippen LogP contribution is 2.30. The lowest BCUT2D eigenvalue weighted by atomic mass is 10.1. The predicted molar refractivity (Wildman–Crippen MR) is 89.6 cm³/mol. The van der Waals surface area contributed by atoms with E-state index in [0.717, 1.165) is 17.0 Å². The van der Waals surface area contributed by atoms with Crippen LogP contribution in [0.2, 0.25) is 0 Å². The van der Waals surface area contributed by atoms with E-state index in [4.69, 9.17) is 5.73 Å². The predicted octanol–water partition coefficient (Wildman–Crippen LogP) is 2.43. The summed E-state index contributed by atoms with van der Waals surface area (Å²) in [6.07, 6.45) is 2.90. The number of allylic oxidation sites excluding steroid dienone is 1. The van der Waals surface area contributed by atoms with Crippen molar-refractivity contribution in [2.24, 2.45) is 12.8 Å². The third-order valence-corrected chi connectivity index (χ3v) is 3.79. The lowest BCUT2D eigenvalue weighted by molar-refractivity contribution is 0.558. The van der Waals surface area contributed by atoms with Crippen LogP contribution < -0.4 is 5.73 Å². The second-order valence-corrected chi connectivity index (χ2v) is 5.56. The van der Waals surface area contributed by atoms with Crippen molar-refractivity contribution in [3.63, 3.8) is 0 Å². The van der Waals surface area contributed by atoms with Gasteiger partial charge in [-0.2, -0.15) is 10.4 Å². The van der Waals surface area contributed by atoms with Crippen molar-refractivity contribution in [2.75, 3.05) is 6.54 Å². The van der Waals surface area contributed by atoms with Crippen LogP contribution in [-0.2, 0) is 13.6 Å². The quantitative estimate of drug-likeness (QED) is 0.798. The summed E-state index contributed by atoms with van der Waals surface area (Å²) in [6.45, 7) is 2.08. The van der Waals surface area contributed by atoms with E-state index in [1.165, 1.54) is 6.08 Å². The average Bonchev–Trinajstić information content (AvgIpc) is 3.09. The zero-order valence-electron chi connectivity index (χ0n) is 13.5. The Morgan fingerprint density at radius 2 is 2.21 bits per heavy atom. The molecule has 0 amide bonds. The summed E-state index contributed by atoms with van der Waals surface area (Å²) in [5, 5.41) is 13.7. The highest BCUT2D eigenvalue weighted by molar-refractivity contribution is 5.92. The molecule has 2 aromatic heterocycles. The Labute approximate surface area is 138 Å². The minimum Gasteiger partial charge on any atom is -0.327 e. The third kappa shape index (κ3) is 2.79. The van der Waals surface area contributed by atoms with Gasteiger partial charge in [-0.05, 0) is 31.2 Å². The van der Waals surface area contributed by atoms with Crippen molar-refractivity contribution in [1.82, 2.24) is 19.3 Å². The Hall–Kier alpha value is -2.98. The van der Waals surface area contributed by atoms with Crippen molar-refractivity contribution >= 4 is 11.0 Å². The molecule has 2 N–H and O–H groups in total. The number of fused-ring (bicyclic) bond motifs is 1. The zero-order valence-corrected chi connectivity index (χ0v) is 13.5. The van der Waals surface area contributed by atoms with Crippen LogP contribution in [0.4, 0.5) is 4.39 Å². The van der Waals surface area contributed by atoms with Crippen LogP contribution >= 0.6 is 0 Å². The summed E-state index contributed by atoms with van der Waals surface area (Å²) in [5.41, 5.74) is 9.77. The number of aryl methyl sites for hydroxylation is 2. The van der Waals surface area contributed by atoms with E-state index in [9.17, 15) is 9.65 Å².